The van der Waals surface area contributed by atoms with Gasteiger partial charge in [-0.3, -0.25) is 0 Å². The molecule has 2 aromatic carbocycles. The summed E-state index contributed by atoms with van der Waals surface area (Å²) in [7, 11) is 0. The van der Waals surface area contributed by atoms with E-state index in [2.05, 4.69) is 0 Å². The smallest absolute Gasteiger partial charge is 0.302 e. The van der Waals surface area contributed by atoms with Crippen molar-refractivity contribution in [1.82, 2.24) is 0 Å². The van der Waals surface area contributed by atoms with Crippen LogP contribution >= 0.6 is 46.4 Å². The molecule has 0 aliphatic carbocycles. The summed E-state index contributed by atoms with van der Waals surface area (Å²) in [5, 5.41) is 0. The van der Waals surface area contributed by atoms with Crippen LogP contribution in [0.15, 0.2) is 60.7 Å². The molecular weight excluding hydrogens is 358 g/mol. The number of rotatable bonds is 4. The van der Waals surface area contributed by atoms with E-state index in [9.17, 15) is 4.55 Å². The van der Waals surface area contributed by atoms with Crippen molar-refractivity contribution in [2.75, 3.05) is 0 Å². The Morgan fingerprint density at radius 3 is 1.25 bits per heavy atom. The molecule has 0 saturated carbocycles. The minimum Gasteiger partial charge on any atom is -0.611 e. The monoisotopic (exact) mass is 366 g/mol. The molecule has 2 rings (SSSR count). The molecule has 0 heterocycles. The van der Waals surface area contributed by atoms with Crippen LogP contribution in [-0.2, 0) is 18.5 Å². The number of hydrogen-bond acceptors (Lipinski definition) is 1. The molecule has 0 unspecified atom stereocenters. The Morgan fingerprint density at radius 1 is 0.650 bits per heavy atom. The fourth-order valence-electron chi connectivity index (χ4n) is 1.64. The second-order valence-corrected chi connectivity index (χ2v) is 9.35. The summed E-state index contributed by atoms with van der Waals surface area (Å²) >= 11 is 23.0. The van der Waals surface area contributed by atoms with Crippen LogP contribution in [0.4, 0.5) is 0 Å². The van der Waals surface area contributed by atoms with Crippen molar-refractivity contribution in [1.29, 1.82) is 0 Å². The molecule has 0 fully saturated rings. The predicted molar refractivity (Wildman–Crippen MR) is 87.8 cm³/mol. The van der Waals surface area contributed by atoms with E-state index in [-0.39, 0.29) is 0 Å². The Hall–Kier alpha value is -0.0900. The van der Waals surface area contributed by atoms with Crippen LogP contribution in [0.5, 0.6) is 0 Å². The SMILES string of the molecule is [O-][S+](C(Cl)(Cl)c1ccccc1)C(Cl)(Cl)c1ccccc1. The van der Waals surface area contributed by atoms with Crippen molar-refractivity contribution in [2.24, 2.45) is 0 Å². The zero-order valence-electron chi connectivity index (χ0n) is 10.1. The van der Waals surface area contributed by atoms with Crippen LogP contribution in [0.3, 0.4) is 0 Å². The summed E-state index contributed by atoms with van der Waals surface area (Å²) in [6.45, 7) is 0. The van der Waals surface area contributed by atoms with Crippen molar-refractivity contribution in [2.45, 2.75) is 7.33 Å². The molecule has 0 radical (unpaired) electrons. The molecular formula is C14H10Cl4OS. The van der Waals surface area contributed by atoms with Crippen molar-refractivity contribution in [3.05, 3.63) is 71.8 Å². The normalized spacial score (nSPS) is 12.7. The fraction of sp³-hybridized carbons (Fsp3) is 0.143. The van der Waals surface area contributed by atoms with Crippen LogP contribution in [0, 0.1) is 0 Å². The van der Waals surface area contributed by atoms with Gasteiger partial charge in [0.15, 0.2) is 0 Å². The molecule has 0 amide bonds. The Balaban J connectivity index is 2.37. The molecule has 1 nitrogen and oxygen atoms in total. The van der Waals surface area contributed by atoms with Gasteiger partial charge in [0.25, 0.3) is 0 Å². The van der Waals surface area contributed by atoms with Gasteiger partial charge < -0.3 is 4.55 Å². The first-order valence-corrected chi connectivity index (χ1v) is 8.31. The van der Waals surface area contributed by atoms with Gasteiger partial charge in [0.05, 0.1) is 0 Å². The molecule has 106 valence electrons. The molecule has 0 aromatic heterocycles. The standard InChI is InChI=1S/C14H10Cl4OS/c15-13(16,11-7-3-1-4-8-11)20(19)14(17,18)12-9-5-2-6-10-12/h1-10H. The van der Waals surface area contributed by atoms with Crippen LogP contribution in [-0.4, -0.2) is 4.55 Å². The van der Waals surface area contributed by atoms with Crippen LogP contribution in [0.25, 0.3) is 0 Å². The van der Waals surface area contributed by atoms with E-state index in [1.54, 1.807) is 48.5 Å². The topological polar surface area (TPSA) is 23.1 Å². The Morgan fingerprint density at radius 2 is 0.950 bits per heavy atom. The van der Waals surface area contributed by atoms with Gasteiger partial charge in [-0.15, -0.1) is 0 Å². The molecule has 6 heteroatoms. The first-order chi connectivity index (χ1) is 9.37. The highest BCUT2D eigenvalue weighted by atomic mass is 35.5. The maximum atomic E-state index is 12.7. The van der Waals surface area contributed by atoms with Gasteiger partial charge in [-0.25, -0.2) is 0 Å². The van der Waals surface area contributed by atoms with Crippen molar-refractivity contribution in [3.8, 4) is 0 Å². The quantitative estimate of drug-likeness (QED) is 0.530. The van der Waals surface area contributed by atoms with E-state index in [4.69, 9.17) is 46.4 Å². The van der Waals surface area contributed by atoms with E-state index >= 15 is 0 Å². The lowest BCUT2D eigenvalue weighted by atomic mass is 10.2. The average molecular weight is 368 g/mol. The Kier molecular flexibility index (Phi) is 5.17. The van der Waals surface area contributed by atoms with Gasteiger partial charge in [0, 0.05) is 22.3 Å². The summed E-state index contributed by atoms with van der Waals surface area (Å²) in [5.41, 5.74) is 0.951. The number of hydrogen-bond donors (Lipinski definition) is 0. The minimum absolute atomic E-state index is 0.475. The predicted octanol–water partition coefficient (Wildman–Crippen LogP) is 5.31. The van der Waals surface area contributed by atoms with E-state index in [1.165, 1.54) is 0 Å². The molecule has 0 aliphatic heterocycles. The molecule has 0 saturated heterocycles. The lowest BCUT2D eigenvalue weighted by Crippen LogP contribution is -2.36. The third kappa shape index (κ3) is 3.22. The molecule has 0 aliphatic rings. The highest BCUT2D eigenvalue weighted by Gasteiger charge is 2.54. The molecule has 0 atom stereocenters. The van der Waals surface area contributed by atoms with Gasteiger partial charge in [-0.2, -0.15) is 0 Å². The fourth-order valence-corrected chi connectivity index (χ4v) is 5.03. The molecule has 0 N–H and O–H groups in total. The third-order valence-corrected chi connectivity index (χ3v) is 6.64. The largest absolute Gasteiger partial charge is 0.611 e. The summed E-state index contributed by atoms with van der Waals surface area (Å²) in [6, 6.07) is 17.3. The minimum atomic E-state index is -1.98. The maximum absolute atomic E-state index is 12.7. The average Bonchev–Trinajstić information content (AvgIpc) is 2.48. The molecule has 0 spiro atoms. The summed E-state index contributed by atoms with van der Waals surface area (Å²) in [5.74, 6) is 0. The second kappa shape index (κ2) is 6.35. The molecule has 2 aromatic rings. The van der Waals surface area contributed by atoms with E-state index in [0.717, 1.165) is 0 Å². The van der Waals surface area contributed by atoms with Crippen molar-refractivity contribution >= 4 is 57.6 Å². The first-order valence-electron chi connectivity index (χ1n) is 5.65. The number of halogens is 4. The highest BCUT2D eigenvalue weighted by Crippen LogP contribution is 2.52. The van der Waals surface area contributed by atoms with Crippen LogP contribution in [0.2, 0.25) is 0 Å². The summed E-state index contributed by atoms with van der Waals surface area (Å²) < 4.78 is 9.26. The van der Waals surface area contributed by atoms with Crippen LogP contribution < -0.4 is 0 Å². The van der Waals surface area contributed by atoms with Gasteiger partial charge in [0.2, 0.25) is 0 Å². The number of benzene rings is 2. The summed E-state index contributed by atoms with van der Waals surface area (Å²) in [6.07, 6.45) is 0. The zero-order chi connectivity index (χ0) is 14.8. The van der Waals surface area contributed by atoms with E-state index in [1.807, 2.05) is 12.1 Å². The van der Waals surface area contributed by atoms with Gasteiger partial charge in [-0.1, -0.05) is 60.7 Å². The molecule has 0 bridgehead atoms. The van der Waals surface area contributed by atoms with Gasteiger partial charge in [0.1, 0.15) is 0 Å². The van der Waals surface area contributed by atoms with Gasteiger partial charge >= 0.3 is 7.33 Å². The van der Waals surface area contributed by atoms with Crippen LogP contribution in [0.1, 0.15) is 11.1 Å². The number of alkyl halides is 4. The Labute approximate surface area is 141 Å². The van der Waals surface area contributed by atoms with Crippen molar-refractivity contribution in [3.63, 3.8) is 0 Å². The Bertz CT molecular complexity index is 508. The third-order valence-electron chi connectivity index (χ3n) is 2.69. The lowest BCUT2D eigenvalue weighted by Gasteiger charge is -2.32. The highest BCUT2D eigenvalue weighted by molar-refractivity contribution is 7.98. The van der Waals surface area contributed by atoms with E-state index in [0.29, 0.717) is 11.1 Å². The van der Waals surface area contributed by atoms with E-state index < -0.39 is 18.5 Å². The summed E-state index contributed by atoms with van der Waals surface area (Å²) in [4.78, 5) is 0. The second-order valence-electron chi connectivity index (χ2n) is 4.03. The van der Waals surface area contributed by atoms with Gasteiger partial charge in [-0.05, 0) is 46.4 Å². The maximum Gasteiger partial charge on any atom is 0.302 e. The zero-order valence-corrected chi connectivity index (χ0v) is 13.9. The first kappa shape index (κ1) is 16.3. The van der Waals surface area contributed by atoms with Crippen molar-refractivity contribution < 1.29 is 4.55 Å². The molecule has 20 heavy (non-hydrogen) atoms. The lowest BCUT2D eigenvalue weighted by molar-refractivity contribution is 0.582.